The number of hydrazone groups is 1. The van der Waals surface area contributed by atoms with E-state index in [4.69, 9.17) is 4.42 Å². The van der Waals surface area contributed by atoms with E-state index < -0.39 is 0 Å². The third-order valence-electron chi connectivity index (χ3n) is 6.07. The molecular formula is C19H25N3O3. The summed E-state index contributed by atoms with van der Waals surface area (Å²) in [5.41, 5.74) is 2.21. The molecule has 2 N–H and O–H groups in total. The Balaban J connectivity index is 1.27. The van der Waals surface area contributed by atoms with E-state index in [0.717, 1.165) is 25.0 Å². The number of rotatable bonds is 5. The van der Waals surface area contributed by atoms with Crippen molar-refractivity contribution in [3.63, 3.8) is 0 Å². The second-order valence-electron chi connectivity index (χ2n) is 8.12. The van der Waals surface area contributed by atoms with Gasteiger partial charge >= 0.3 is 0 Å². The molecule has 2 amide bonds. The van der Waals surface area contributed by atoms with Crippen LogP contribution in [0.2, 0.25) is 0 Å². The van der Waals surface area contributed by atoms with Crippen molar-refractivity contribution in [1.82, 2.24) is 10.7 Å². The van der Waals surface area contributed by atoms with Gasteiger partial charge in [0.05, 0.1) is 12.8 Å². The summed E-state index contributed by atoms with van der Waals surface area (Å²) in [6.45, 7) is 1.81. The summed E-state index contributed by atoms with van der Waals surface area (Å²) in [5.74, 6) is 3.25. The number of aryl methyl sites for hydroxylation is 1. The molecule has 1 aromatic heterocycles. The highest BCUT2D eigenvalue weighted by Crippen LogP contribution is 2.60. The highest BCUT2D eigenvalue weighted by Gasteiger charge is 2.54. The summed E-state index contributed by atoms with van der Waals surface area (Å²) >= 11 is 0. The van der Waals surface area contributed by atoms with Crippen molar-refractivity contribution in [3.05, 3.63) is 23.7 Å². The Hall–Kier alpha value is -2.11. The van der Waals surface area contributed by atoms with Crippen LogP contribution in [0.3, 0.4) is 0 Å². The Morgan fingerprint density at radius 3 is 2.40 bits per heavy atom. The van der Waals surface area contributed by atoms with E-state index in [9.17, 15) is 9.59 Å². The van der Waals surface area contributed by atoms with Gasteiger partial charge in [-0.3, -0.25) is 9.59 Å². The number of hydrogen-bond donors (Lipinski definition) is 2. The molecule has 25 heavy (non-hydrogen) atoms. The first-order chi connectivity index (χ1) is 12.0. The number of furan rings is 1. The molecule has 4 aliphatic carbocycles. The van der Waals surface area contributed by atoms with Crippen LogP contribution in [-0.4, -0.2) is 24.6 Å². The van der Waals surface area contributed by atoms with E-state index in [1.807, 2.05) is 13.0 Å². The zero-order valence-corrected chi connectivity index (χ0v) is 14.6. The monoisotopic (exact) mass is 343 g/mol. The van der Waals surface area contributed by atoms with Crippen LogP contribution in [0, 0.1) is 30.1 Å². The number of nitrogens with one attached hydrogen (secondary N) is 2. The van der Waals surface area contributed by atoms with Gasteiger partial charge in [0.25, 0.3) is 5.91 Å². The van der Waals surface area contributed by atoms with Gasteiger partial charge in [-0.15, -0.1) is 0 Å². The fourth-order valence-corrected chi connectivity index (χ4v) is 5.47. The molecule has 0 saturated heterocycles. The molecule has 0 aromatic carbocycles. The fraction of sp³-hybridized carbons (Fsp3) is 0.632. The highest BCUT2D eigenvalue weighted by atomic mass is 16.3. The van der Waals surface area contributed by atoms with E-state index in [0.29, 0.717) is 23.5 Å². The van der Waals surface area contributed by atoms with Crippen LogP contribution >= 0.6 is 0 Å². The minimum atomic E-state index is -0.322. The molecule has 5 rings (SSSR count). The van der Waals surface area contributed by atoms with Gasteiger partial charge in [0.1, 0.15) is 11.5 Å². The molecule has 134 valence electrons. The summed E-state index contributed by atoms with van der Waals surface area (Å²) in [5, 5.41) is 6.70. The van der Waals surface area contributed by atoms with Crippen molar-refractivity contribution in [3.8, 4) is 0 Å². The van der Waals surface area contributed by atoms with Crippen LogP contribution in [0.5, 0.6) is 0 Å². The normalized spacial score (nSPS) is 32.9. The smallest absolute Gasteiger partial charge is 0.259 e. The van der Waals surface area contributed by atoms with Gasteiger partial charge in [0, 0.05) is 5.41 Å². The van der Waals surface area contributed by atoms with Gasteiger partial charge in [0.15, 0.2) is 0 Å². The zero-order valence-electron chi connectivity index (χ0n) is 14.6. The minimum absolute atomic E-state index is 0.0326. The topological polar surface area (TPSA) is 83.7 Å². The van der Waals surface area contributed by atoms with Crippen LogP contribution in [0.25, 0.3) is 0 Å². The van der Waals surface area contributed by atoms with Crippen LogP contribution in [0.1, 0.15) is 50.0 Å². The van der Waals surface area contributed by atoms with Crippen molar-refractivity contribution in [1.29, 1.82) is 0 Å². The first-order valence-corrected chi connectivity index (χ1v) is 9.19. The lowest BCUT2D eigenvalue weighted by Gasteiger charge is -2.55. The Labute approximate surface area is 147 Å². The molecule has 4 aliphatic rings. The number of carbonyl (C=O) groups excluding carboxylic acids is 2. The Kier molecular flexibility index (Phi) is 4.13. The molecule has 4 saturated carbocycles. The number of amides is 2. The quantitative estimate of drug-likeness (QED) is 0.636. The second kappa shape index (κ2) is 6.32. The SMILES string of the molecule is Cc1ccc(C=NNC(=O)CNC(=O)C23CC4CC(CC(C4)C2)C3)o1. The Bertz CT molecular complexity index is 671. The molecule has 0 spiro atoms. The molecule has 4 bridgehead atoms. The standard InChI is InChI=1S/C19H25N3O3/c1-12-2-3-16(25-12)10-21-22-17(23)11-20-18(24)19-7-13-4-14(8-19)6-15(5-13)9-19/h2-3,10,13-15H,4-9,11H2,1H3,(H,20,24)(H,22,23). The van der Waals surface area contributed by atoms with E-state index in [1.54, 1.807) is 6.07 Å². The first kappa shape index (κ1) is 16.4. The third kappa shape index (κ3) is 3.34. The predicted molar refractivity (Wildman–Crippen MR) is 92.8 cm³/mol. The molecule has 0 unspecified atom stereocenters. The van der Waals surface area contributed by atoms with E-state index >= 15 is 0 Å². The predicted octanol–water partition coefficient (Wildman–Crippen LogP) is 2.37. The average molecular weight is 343 g/mol. The average Bonchev–Trinajstić information content (AvgIpc) is 2.96. The van der Waals surface area contributed by atoms with Crippen molar-refractivity contribution in [2.45, 2.75) is 45.4 Å². The largest absolute Gasteiger partial charge is 0.460 e. The minimum Gasteiger partial charge on any atom is -0.460 e. The Morgan fingerprint density at radius 2 is 1.84 bits per heavy atom. The maximum atomic E-state index is 12.8. The maximum Gasteiger partial charge on any atom is 0.259 e. The highest BCUT2D eigenvalue weighted by molar-refractivity contribution is 5.88. The van der Waals surface area contributed by atoms with Crippen molar-refractivity contribution < 1.29 is 14.0 Å². The zero-order chi connectivity index (χ0) is 17.4. The summed E-state index contributed by atoms with van der Waals surface area (Å²) in [4.78, 5) is 24.7. The van der Waals surface area contributed by atoms with Gasteiger partial charge in [-0.05, 0) is 75.3 Å². The molecule has 0 aliphatic heterocycles. The molecule has 1 heterocycles. The number of carbonyl (C=O) groups is 2. The lowest BCUT2D eigenvalue weighted by atomic mass is 9.49. The molecule has 1 aromatic rings. The summed E-state index contributed by atoms with van der Waals surface area (Å²) in [7, 11) is 0. The Morgan fingerprint density at radius 1 is 1.20 bits per heavy atom. The van der Waals surface area contributed by atoms with Crippen LogP contribution in [0.4, 0.5) is 0 Å². The summed E-state index contributed by atoms with van der Waals surface area (Å²) in [6.07, 6.45) is 8.36. The van der Waals surface area contributed by atoms with E-state index in [1.165, 1.54) is 25.5 Å². The van der Waals surface area contributed by atoms with E-state index in [-0.39, 0.29) is 23.8 Å². The first-order valence-electron chi connectivity index (χ1n) is 9.19. The van der Waals surface area contributed by atoms with Crippen molar-refractivity contribution in [2.75, 3.05) is 6.54 Å². The van der Waals surface area contributed by atoms with Crippen LogP contribution < -0.4 is 10.7 Å². The third-order valence-corrected chi connectivity index (χ3v) is 6.07. The number of hydrogen-bond acceptors (Lipinski definition) is 4. The van der Waals surface area contributed by atoms with Gasteiger partial charge < -0.3 is 9.73 Å². The van der Waals surface area contributed by atoms with Gasteiger partial charge in [0.2, 0.25) is 5.91 Å². The summed E-state index contributed by atoms with van der Waals surface area (Å²) in [6, 6.07) is 3.61. The second-order valence-corrected chi connectivity index (χ2v) is 8.12. The maximum absolute atomic E-state index is 12.8. The van der Waals surface area contributed by atoms with Gasteiger partial charge in [-0.2, -0.15) is 5.10 Å². The molecular weight excluding hydrogens is 318 g/mol. The lowest BCUT2D eigenvalue weighted by Crippen LogP contribution is -2.54. The van der Waals surface area contributed by atoms with Crippen molar-refractivity contribution >= 4 is 18.0 Å². The van der Waals surface area contributed by atoms with E-state index in [2.05, 4.69) is 15.8 Å². The summed E-state index contributed by atoms with van der Waals surface area (Å²) < 4.78 is 5.33. The lowest BCUT2D eigenvalue weighted by molar-refractivity contribution is -0.147. The molecule has 0 radical (unpaired) electrons. The van der Waals surface area contributed by atoms with Crippen LogP contribution in [-0.2, 0) is 9.59 Å². The van der Waals surface area contributed by atoms with Gasteiger partial charge in [-0.25, -0.2) is 5.43 Å². The fourth-order valence-electron chi connectivity index (χ4n) is 5.47. The number of nitrogens with zero attached hydrogens (tertiary/aromatic N) is 1. The molecule has 4 fully saturated rings. The molecule has 6 nitrogen and oxygen atoms in total. The van der Waals surface area contributed by atoms with Gasteiger partial charge in [-0.1, -0.05) is 0 Å². The molecule has 0 atom stereocenters. The van der Waals surface area contributed by atoms with Crippen molar-refractivity contribution in [2.24, 2.45) is 28.3 Å². The molecule has 6 heteroatoms. The van der Waals surface area contributed by atoms with Crippen LogP contribution in [0.15, 0.2) is 21.7 Å².